The standard InChI is InChI=1S/C11H13F2NO/c12-11(13)15-9-3-1-7(2-4-9)10-5-8(10)6-14/h1-4,8,10-11H,5-6,14H2/t8-,10-/m1/s1. The van der Waals surface area contributed by atoms with Crippen molar-refractivity contribution in [3.05, 3.63) is 29.8 Å². The predicted octanol–water partition coefficient (Wildman–Crippen LogP) is 2.35. The average Bonchev–Trinajstić information content (AvgIpc) is 2.97. The molecular formula is C11H13F2NO. The van der Waals surface area contributed by atoms with Gasteiger partial charge in [-0.1, -0.05) is 12.1 Å². The fraction of sp³-hybridized carbons (Fsp3) is 0.455. The molecule has 0 spiro atoms. The molecule has 2 nitrogen and oxygen atoms in total. The van der Waals surface area contributed by atoms with Crippen LogP contribution in [0.25, 0.3) is 0 Å². The smallest absolute Gasteiger partial charge is 0.387 e. The van der Waals surface area contributed by atoms with E-state index in [2.05, 4.69) is 4.74 Å². The van der Waals surface area contributed by atoms with E-state index in [0.717, 1.165) is 12.0 Å². The summed E-state index contributed by atoms with van der Waals surface area (Å²) >= 11 is 0. The highest BCUT2D eigenvalue weighted by Crippen LogP contribution is 2.46. The molecule has 0 saturated heterocycles. The highest BCUT2D eigenvalue weighted by molar-refractivity contribution is 5.32. The van der Waals surface area contributed by atoms with Gasteiger partial charge < -0.3 is 10.5 Å². The van der Waals surface area contributed by atoms with Crippen molar-refractivity contribution in [2.75, 3.05) is 6.54 Å². The van der Waals surface area contributed by atoms with Crippen LogP contribution in [0.3, 0.4) is 0 Å². The second kappa shape index (κ2) is 4.14. The number of hydrogen-bond acceptors (Lipinski definition) is 2. The van der Waals surface area contributed by atoms with Gasteiger partial charge in [0, 0.05) is 0 Å². The molecule has 2 N–H and O–H groups in total. The fourth-order valence-electron chi connectivity index (χ4n) is 1.81. The molecule has 0 bridgehead atoms. The van der Waals surface area contributed by atoms with Crippen LogP contribution in [0.1, 0.15) is 17.9 Å². The van der Waals surface area contributed by atoms with Crippen molar-refractivity contribution in [3.63, 3.8) is 0 Å². The molecule has 0 aliphatic heterocycles. The fourth-order valence-corrected chi connectivity index (χ4v) is 1.81. The van der Waals surface area contributed by atoms with Gasteiger partial charge >= 0.3 is 6.61 Å². The summed E-state index contributed by atoms with van der Waals surface area (Å²) in [6, 6.07) is 6.82. The van der Waals surface area contributed by atoms with Gasteiger partial charge in [0.05, 0.1) is 0 Å². The molecule has 82 valence electrons. The summed E-state index contributed by atoms with van der Waals surface area (Å²) in [4.78, 5) is 0. The zero-order valence-electron chi connectivity index (χ0n) is 8.20. The van der Waals surface area contributed by atoms with Crippen LogP contribution < -0.4 is 10.5 Å². The lowest BCUT2D eigenvalue weighted by atomic mass is 10.1. The molecule has 0 amide bonds. The summed E-state index contributed by atoms with van der Waals surface area (Å²) in [5.41, 5.74) is 6.69. The van der Waals surface area contributed by atoms with Crippen LogP contribution in [-0.2, 0) is 0 Å². The molecule has 15 heavy (non-hydrogen) atoms. The number of ether oxygens (including phenoxy) is 1. The maximum atomic E-state index is 11.9. The third kappa shape index (κ3) is 2.45. The van der Waals surface area contributed by atoms with E-state index >= 15 is 0 Å². The van der Waals surface area contributed by atoms with Crippen LogP contribution in [0, 0.1) is 5.92 Å². The Morgan fingerprint density at radius 3 is 2.47 bits per heavy atom. The van der Waals surface area contributed by atoms with E-state index in [1.54, 1.807) is 12.1 Å². The van der Waals surface area contributed by atoms with Crippen molar-refractivity contribution in [1.82, 2.24) is 0 Å². The predicted molar refractivity (Wildman–Crippen MR) is 53.0 cm³/mol. The molecule has 1 aromatic carbocycles. The molecule has 1 saturated carbocycles. The Hall–Kier alpha value is -1.16. The largest absolute Gasteiger partial charge is 0.435 e. The first-order valence-electron chi connectivity index (χ1n) is 4.95. The maximum absolute atomic E-state index is 11.9. The highest BCUT2D eigenvalue weighted by atomic mass is 19.3. The molecule has 1 fully saturated rings. The lowest BCUT2D eigenvalue weighted by Crippen LogP contribution is -2.03. The Bertz CT molecular complexity index is 326. The van der Waals surface area contributed by atoms with Crippen molar-refractivity contribution in [2.24, 2.45) is 11.7 Å². The van der Waals surface area contributed by atoms with Crippen molar-refractivity contribution < 1.29 is 13.5 Å². The van der Waals surface area contributed by atoms with E-state index < -0.39 is 6.61 Å². The Labute approximate surface area is 87.0 Å². The summed E-state index contributed by atoms with van der Waals surface area (Å²) in [6.45, 7) is -2.06. The van der Waals surface area contributed by atoms with E-state index in [4.69, 9.17) is 5.73 Å². The van der Waals surface area contributed by atoms with Gasteiger partial charge in [-0.15, -0.1) is 0 Å². The van der Waals surface area contributed by atoms with Crippen molar-refractivity contribution >= 4 is 0 Å². The number of hydrogen-bond donors (Lipinski definition) is 1. The summed E-state index contributed by atoms with van der Waals surface area (Å²) in [5.74, 6) is 1.28. The first-order valence-corrected chi connectivity index (χ1v) is 4.95. The minimum Gasteiger partial charge on any atom is -0.435 e. The third-order valence-electron chi connectivity index (χ3n) is 2.76. The summed E-state index contributed by atoms with van der Waals surface area (Å²) in [6.07, 6.45) is 1.10. The molecule has 0 heterocycles. The average molecular weight is 213 g/mol. The van der Waals surface area contributed by atoms with Gasteiger partial charge in [0.25, 0.3) is 0 Å². The van der Waals surface area contributed by atoms with E-state index in [0.29, 0.717) is 18.4 Å². The van der Waals surface area contributed by atoms with Gasteiger partial charge in [0.15, 0.2) is 0 Å². The third-order valence-corrected chi connectivity index (χ3v) is 2.76. The van der Waals surface area contributed by atoms with Crippen molar-refractivity contribution in [3.8, 4) is 5.75 Å². The van der Waals surface area contributed by atoms with Crippen LogP contribution in [-0.4, -0.2) is 13.2 Å². The van der Waals surface area contributed by atoms with E-state index in [1.165, 1.54) is 0 Å². The zero-order chi connectivity index (χ0) is 10.8. The normalized spacial score (nSPS) is 24.3. The maximum Gasteiger partial charge on any atom is 0.387 e. The van der Waals surface area contributed by atoms with Crippen LogP contribution in [0.2, 0.25) is 0 Å². The topological polar surface area (TPSA) is 35.2 Å². The molecule has 2 atom stereocenters. The SMILES string of the molecule is NC[C@H]1C[C@@H]1c1ccc(OC(F)F)cc1. The number of halogens is 2. The van der Waals surface area contributed by atoms with Gasteiger partial charge in [-0.25, -0.2) is 0 Å². The highest BCUT2D eigenvalue weighted by Gasteiger charge is 2.36. The van der Waals surface area contributed by atoms with Gasteiger partial charge in [-0.2, -0.15) is 8.78 Å². The second-order valence-corrected chi connectivity index (χ2v) is 3.79. The Kier molecular flexibility index (Phi) is 2.86. The lowest BCUT2D eigenvalue weighted by molar-refractivity contribution is -0.0498. The molecule has 1 aliphatic rings. The minimum absolute atomic E-state index is 0.207. The van der Waals surface area contributed by atoms with Crippen LogP contribution in [0.4, 0.5) is 8.78 Å². The lowest BCUT2D eigenvalue weighted by Gasteiger charge is -2.05. The molecule has 1 aliphatic carbocycles. The Balaban J connectivity index is 1.99. The molecule has 0 radical (unpaired) electrons. The van der Waals surface area contributed by atoms with E-state index in [-0.39, 0.29) is 5.75 Å². The molecule has 2 rings (SSSR count). The first-order chi connectivity index (χ1) is 7.20. The number of nitrogens with two attached hydrogens (primary N) is 1. The quantitative estimate of drug-likeness (QED) is 0.833. The van der Waals surface area contributed by atoms with E-state index in [1.807, 2.05) is 12.1 Å². The molecule has 0 unspecified atom stereocenters. The Morgan fingerprint density at radius 1 is 1.33 bits per heavy atom. The second-order valence-electron chi connectivity index (χ2n) is 3.79. The molecular weight excluding hydrogens is 200 g/mol. The monoisotopic (exact) mass is 213 g/mol. The number of alkyl halides is 2. The molecule has 4 heteroatoms. The summed E-state index contributed by atoms with van der Waals surface area (Å²) in [5, 5.41) is 0. The van der Waals surface area contributed by atoms with Crippen LogP contribution in [0.5, 0.6) is 5.75 Å². The number of benzene rings is 1. The van der Waals surface area contributed by atoms with Gasteiger partial charge in [-0.05, 0) is 42.5 Å². The van der Waals surface area contributed by atoms with Crippen LogP contribution in [0.15, 0.2) is 24.3 Å². The van der Waals surface area contributed by atoms with E-state index in [9.17, 15) is 8.78 Å². The minimum atomic E-state index is -2.76. The molecule has 0 aromatic heterocycles. The van der Waals surface area contributed by atoms with Gasteiger partial charge in [-0.3, -0.25) is 0 Å². The van der Waals surface area contributed by atoms with Crippen LogP contribution >= 0.6 is 0 Å². The van der Waals surface area contributed by atoms with Crippen molar-refractivity contribution in [2.45, 2.75) is 19.0 Å². The van der Waals surface area contributed by atoms with Gasteiger partial charge in [0.2, 0.25) is 0 Å². The molecule has 1 aromatic rings. The Morgan fingerprint density at radius 2 is 2.00 bits per heavy atom. The van der Waals surface area contributed by atoms with Crippen molar-refractivity contribution in [1.29, 1.82) is 0 Å². The zero-order valence-corrected chi connectivity index (χ0v) is 8.20. The summed E-state index contributed by atoms with van der Waals surface area (Å²) < 4.78 is 28.0. The number of rotatable bonds is 4. The van der Waals surface area contributed by atoms with Gasteiger partial charge in [0.1, 0.15) is 5.75 Å². The first kappa shape index (κ1) is 10.4. The summed E-state index contributed by atoms with van der Waals surface area (Å²) in [7, 11) is 0.